The fourth-order valence-electron chi connectivity index (χ4n) is 13.1. The minimum atomic E-state index is -2.19. The van der Waals surface area contributed by atoms with Crippen LogP contribution in [0.3, 0.4) is 0 Å². The van der Waals surface area contributed by atoms with Crippen molar-refractivity contribution in [1.29, 1.82) is 0 Å². The van der Waals surface area contributed by atoms with Crippen molar-refractivity contribution in [2.45, 2.75) is 106 Å². The molecular formula is C44H58N4O6. The fourth-order valence-corrected chi connectivity index (χ4v) is 13.1. The van der Waals surface area contributed by atoms with Crippen molar-refractivity contribution in [3.63, 3.8) is 0 Å². The van der Waals surface area contributed by atoms with Gasteiger partial charge < -0.3 is 34.7 Å². The van der Waals surface area contributed by atoms with Crippen molar-refractivity contribution < 1.29 is 29.6 Å². The van der Waals surface area contributed by atoms with Gasteiger partial charge in [0.2, 0.25) is 5.60 Å². The number of hydrogen-bond donors (Lipinski definition) is 4. The second-order valence-electron chi connectivity index (χ2n) is 17.9. The van der Waals surface area contributed by atoms with E-state index in [-0.39, 0.29) is 6.04 Å². The van der Waals surface area contributed by atoms with Gasteiger partial charge in [-0.2, -0.15) is 0 Å². The number of para-hydroxylation sites is 1. The number of nitrogens with one attached hydrogen (secondary N) is 1. The summed E-state index contributed by atoms with van der Waals surface area (Å²) in [6, 6.07) is 12.2. The Morgan fingerprint density at radius 2 is 1.83 bits per heavy atom. The van der Waals surface area contributed by atoms with Gasteiger partial charge in [0.05, 0.1) is 25.9 Å². The number of carbonyl (C=O) groups excluding carboxylic acids is 1. The molecule has 6 heterocycles. The summed E-state index contributed by atoms with van der Waals surface area (Å²) in [5, 5.41) is 38.2. The number of anilines is 1. The molecule has 2 bridgehead atoms. The van der Waals surface area contributed by atoms with Crippen LogP contribution in [0.2, 0.25) is 0 Å². The molecule has 1 aromatic heterocycles. The Labute approximate surface area is 319 Å². The van der Waals surface area contributed by atoms with Crippen molar-refractivity contribution in [2.24, 2.45) is 11.3 Å². The first-order valence-corrected chi connectivity index (χ1v) is 20.3. The zero-order chi connectivity index (χ0) is 38.0. The van der Waals surface area contributed by atoms with Crippen molar-refractivity contribution in [3.8, 4) is 5.75 Å². The molecule has 10 nitrogen and oxygen atoms in total. The van der Waals surface area contributed by atoms with Gasteiger partial charge in [0.1, 0.15) is 11.9 Å². The van der Waals surface area contributed by atoms with Crippen LogP contribution in [0, 0.1) is 11.3 Å². The first-order chi connectivity index (χ1) is 25.8. The third kappa shape index (κ3) is 4.55. The number of fused-ring (bicyclic) bond motifs is 6. The summed E-state index contributed by atoms with van der Waals surface area (Å²) in [6.07, 6.45) is 8.27. The van der Waals surface area contributed by atoms with Gasteiger partial charge in [-0.3, -0.25) is 9.80 Å². The smallest absolute Gasteiger partial charge is 0.342 e. The molecule has 2 aromatic carbocycles. The van der Waals surface area contributed by atoms with E-state index in [4.69, 9.17) is 9.47 Å². The SMILES string of the molecule is CC[C@]1(O)C[C@H]2CC[C@](C)(c3cc4c(cc3OC)N(C)[C@H]3[C@@](O)(C(=O)OC)[C@H](O)[C@]5(CC)C=CCN6CC[C@]43C65)c3[nH]c4ccccc4c3CCN(C2)C1. The first-order valence-electron chi connectivity index (χ1n) is 20.3. The molecular weight excluding hydrogens is 681 g/mol. The van der Waals surface area contributed by atoms with Crippen molar-refractivity contribution in [1.82, 2.24) is 14.8 Å². The quantitative estimate of drug-likeness (QED) is 0.219. The lowest BCUT2D eigenvalue weighted by Gasteiger charge is -2.63. The van der Waals surface area contributed by atoms with E-state index < -0.39 is 45.6 Å². The molecule has 1 saturated carbocycles. The molecule has 4 N–H and O–H groups in total. The average molecular weight is 739 g/mol. The van der Waals surface area contributed by atoms with Crippen LogP contribution in [0.1, 0.15) is 81.7 Å². The molecule has 10 heteroatoms. The highest BCUT2D eigenvalue weighted by atomic mass is 16.5. The third-order valence-corrected chi connectivity index (χ3v) is 15.5. The third-order valence-electron chi connectivity index (χ3n) is 15.5. The van der Waals surface area contributed by atoms with Crippen LogP contribution in [0.15, 0.2) is 48.6 Å². The van der Waals surface area contributed by atoms with E-state index >= 15 is 0 Å². The maximum atomic E-state index is 14.0. The number of aliphatic hydroxyl groups is 3. The summed E-state index contributed by atoms with van der Waals surface area (Å²) in [5.74, 6) is 0.309. The average Bonchev–Trinajstić information content (AvgIpc) is 3.84. The number of piperidine rings is 1. The van der Waals surface area contributed by atoms with Crippen LogP contribution in [0.5, 0.6) is 5.75 Å². The number of carbonyl (C=O) groups is 1. The number of aliphatic hydroxyl groups excluding tert-OH is 1. The summed E-state index contributed by atoms with van der Waals surface area (Å²) in [5.41, 5.74) is 1.77. The monoisotopic (exact) mass is 738 g/mol. The van der Waals surface area contributed by atoms with Gasteiger partial charge in [-0.05, 0) is 87.6 Å². The van der Waals surface area contributed by atoms with E-state index in [9.17, 15) is 20.1 Å². The van der Waals surface area contributed by atoms with Gasteiger partial charge >= 0.3 is 5.97 Å². The molecule has 10 atom stereocenters. The number of H-pyrrole nitrogens is 1. The highest BCUT2D eigenvalue weighted by Crippen LogP contribution is 2.67. The highest BCUT2D eigenvalue weighted by molar-refractivity contribution is 5.87. The molecule has 2 unspecified atom stereocenters. The van der Waals surface area contributed by atoms with Crippen molar-refractivity contribution >= 4 is 22.6 Å². The molecule has 1 aliphatic carbocycles. The summed E-state index contributed by atoms with van der Waals surface area (Å²) >= 11 is 0. The van der Waals surface area contributed by atoms with E-state index in [0.29, 0.717) is 18.9 Å². The van der Waals surface area contributed by atoms with Gasteiger partial charge in [-0.25, -0.2) is 4.79 Å². The second kappa shape index (κ2) is 12.3. The minimum Gasteiger partial charge on any atom is -0.496 e. The molecule has 3 aromatic rings. The molecule has 54 heavy (non-hydrogen) atoms. The first kappa shape index (κ1) is 36.2. The number of likely N-dealkylation sites (N-methyl/N-ethyl adjacent to an activating group) is 1. The number of nitrogens with zero attached hydrogens (tertiary/aromatic N) is 3. The van der Waals surface area contributed by atoms with E-state index in [0.717, 1.165) is 92.8 Å². The Morgan fingerprint density at radius 3 is 2.57 bits per heavy atom. The zero-order valence-electron chi connectivity index (χ0n) is 32.8. The van der Waals surface area contributed by atoms with Crippen LogP contribution in [-0.2, 0) is 26.8 Å². The maximum Gasteiger partial charge on any atom is 0.342 e. The van der Waals surface area contributed by atoms with E-state index in [1.54, 1.807) is 7.11 Å². The number of hydrogen-bond acceptors (Lipinski definition) is 9. The predicted molar refractivity (Wildman–Crippen MR) is 209 cm³/mol. The molecule has 6 aliphatic rings. The van der Waals surface area contributed by atoms with Crippen molar-refractivity contribution in [2.75, 3.05) is 58.9 Å². The van der Waals surface area contributed by atoms with Gasteiger partial charge in [0.25, 0.3) is 0 Å². The molecule has 290 valence electrons. The molecule has 0 amide bonds. The normalized spacial score (nSPS) is 39.8. The van der Waals surface area contributed by atoms with Crippen LogP contribution >= 0.6 is 0 Å². The largest absolute Gasteiger partial charge is 0.496 e. The van der Waals surface area contributed by atoms with E-state index in [1.807, 2.05) is 11.9 Å². The molecule has 3 fully saturated rings. The standard InChI is InChI=1S/C44H58N4O6/c1-7-41(51)24-27-14-17-40(3,35-29(15-20-47(25-27)26-41)28-12-9-10-13-32(28)45-35)31-22-30-33(23-34(31)53-5)46(4)37-43(30)18-21-48-19-11-16-42(8-2,36(43)48)38(49)44(37,52)39(50)54-6/h9-13,16,22-23,27,36-38,45,49,51-52H,7-8,14-15,17-21,24-26H2,1-6H3/t27-,36?,37-,38-,40-,41+,42-,43-,44+/m1/s1. The summed E-state index contributed by atoms with van der Waals surface area (Å²) < 4.78 is 11.8. The minimum absolute atomic E-state index is 0.143. The zero-order valence-corrected chi connectivity index (χ0v) is 32.8. The van der Waals surface area contributed by atoms with E-state index in [1.165, 1.54) is 23.8 Å². The molecule has 1 spiro atoms. The Morgan fingerprint density at radius 1 is 1.04 bits per heavy atom. The summed E-state index contributed by atoms with van der Waals surface area (Å²) in [4.78, 5) is 24.9. The number of benzene rings is 2. The van der Waals surface area contributed by atoms with E-state index in [2.05, 4.69) is 84.1 Å². The van der Waals surface area contributed by atoms with Gasteiger partial charge in [-0.1, -0.05) is 44.2 Å². The Bertz CT molecular complexity index is 2030. The van der Waals surface area contributed by atoms with Gasteiger partial charge in [-0.15, -0.1) is 0 Å². The fraction of sp³-hybridized carbons (Fsp3) is 0.614. The number of aromatic amines is 1. The maximum absolute atomic E-state index is 14.0. The lowest BCUT2D eigenvalue weighted by molar-refractivity contribution is -0.218. The van der Waals surface area contributed by atoms with Gasteiger partial charge in [0.15, 0.2) is 0 Å². The topological polar surface area (TPSA) is 122 Å². The second-order valence-corrected chi connectivity index (χ2v) is 17.9. The van der Waals surface area contributed by atoms with Gasteiger partial charge in [0, 0.05) is 89.4 Å². The summed E-state index contributed by atoms with van der Waals surface area (Å²) in [7, 11) is 4.99. The molecule has 0 radical (unpaired) electrons. The lowest BCUT2D eigenvalue weighted by atomic mass is 9.47. The highest BCUT2D eigenvalue weighted by Gasteiger charge is 2.79. The Kier molecular flexibility index (Phi) is 8.25. The van der Waals surface area contributed by atoms with Crippen LogP contribution in [0.25, 0.3) is 10.9 Å². The molecule has 5 aliphatic heterocycles. The number of ether oxygens (including phenoxy) is 2. The van der Waals surface area contributed by atoms with Crippen molar-refractivity contribution in [3.05, 3.63) is 70.9 Å². The summed E-state index contributed by atoms with van der Waals surface area (Å²) in [6.45, 7) is 10.6. The number of aromatic nitrogens is 1. The lowest BCUT2D eigenvalue weighted by Crippen LogP contribution is -2.80. The number of rotatable bonds is 5. The predicted octanol–water partition coefficient (Wildman–Crippen LogP) is 4.66. The van der Waals surface area contributed by atoms with Crippen LogP contribution < -0.4 is 9.64 Å². The number of methoxy groups -OCH3 is 2. The van der Waals surface area contributed by atoms with Crippen LogP contribution in [0.4, 0.5) is 5.69 Å². The Hall–Kier alpha value is -3.41. The molecule has 9 rings (SSSR count). The Balaban J connectivity index is 1.29. The number of esters is 1. The molecule has 2 saturated heterocycles. The van der Waals surface area contributed by atoms with Crippen LogP contribution in [-0.4, -0.2) is 119 Å².